The van der Waals surface area contributed by atoms with Gasteiger partial charge in [0, 0.05) is 24.0 Å². The zero-order chi connectivity index (χ0) is 18.3. The Balaban J connectivity index is 2.95. The maximum absolute atomic E-state index is 12.2. The number of amides is 1. The smallest absolute Gasteiger partial charge is 0.307 e. The summed E-state index contributed by atoms with van der Waals surface area (Å²) in [6, 6.07) is 3.49. The maximum Gasteiger partial charge on any atom is 0.307 e. The molecule has 1 aromatic rings. The molecule has 0 spiro atoms. The van der Waals surface area contributed by atoms with Crippen molar-refractivity contribution in [1.82, 2.24) is 9.88 Å². The van der Waals surface area contributed by atoms with Crippen LogP contribution in [0.15, 0.2) is 11.6 Å². The van der Waals surface area contributed by atoms with Crippen LogP contribution in [0, 0.1) is 25.2 Å². The highest BCUT2D eigenvalue weighted by atomic mass is 16.5. The summed E-state index contributed by atoms with van der Waals surface area (Å²) in [7, 11) is 1.30. The van der Waals surface area contributed by atoms with E-state index in [0.717, 1.165) is 29.9 Å². The van der Waals surface area contributed by atoms with Gasteiger partial charge in [0.2, 0.25) is 0 Å². The number of carbonyl (C=O) groups excluding carboxylic acids is 2. The summed E-state index contributed by atoms with van der Waals surface area (Å²) in [6.07, 6.45) is 2.66. The molecule has 1 aromatic heterocycles. The van der Waals surface area contributed by atoms with Crippen LogP contribution in [0.1, 0.15) is 43.6 Å². The first-order chi connectivity index (χ1) is 11.3. The van der Waals surface area contributed by atoms with Gasteiger partial charge in [-0.3, -0.25) is 9.59 Å². The van der Waals surface area contributed by atoms with Crippen molar-refractivity contribution in [2.24, 2.45) is 0 Å². The molecule has 1 amide bonds. The molecule has 1 N–H and O–H groups in total. The highest BCUT2D eigenvalue weighted by Crippen LogP contribution is 2.18. The number of esters is 1. The van der Waals surface area contributed by atoms with E-state index in [0.29, 0.717) is 0 Å². The number of nitriles is 1. The van der Waals surface area contributed by atoms with E-state index in [1.54, 1.807) is 13.0 Å². The number of aryl methyl sites for hydroxylation is 1. The molecule has 6 nitrogen and oxygen atoms in total. The van der Waals surface area contributed by atoms with Crippen molar-refractivity contribution in [1.29, 1.82) is 5.26 Å². The van der Waals surface area contributed by atoms with Crippen molar-refractivity contribution in [3.8, 4) is 6.07 Å². The Morgan fingerprint density at radius 1 is 1.46 bits per heavy atom. The zero-order valence-corrected chi connectivity index (χ0v) is 15.0. The number of nitrogens with one attached hydrogen (secondary N) is 1. The molecule has 0 saturated carbocycles. The van der Waals surface area contributed by atoms with Gasteiger partial charge in [-0.1, -0.05) is 6.92 Å². The molecular formula is C18H25N3O3. The van der Waals surface area contributed by atoms with Gasteiger partial charge >= 0.3 is 5.97 Å². The third-order valence-corrected chi connectivity index (χ3v) is 3.80. The van der Waals surface area contributed by atoms with E-state index >= 15 is 0 Å². The summed E-state index contributed by atoms with van der Waals surface area (Å²) in [6.45, 7) is 8.67. The van der Waals surface area contributed by atoms with Crippen LogP contribution in [0.2, 0.25) is 0 Å². The maximum atomic E-state index is 12.2. The fourth-order valence-electron chi connectivity index (χ4n) is 2.53. The first-order valence-corrected chi connectivity index (χ1v) is 8.00. The monoisotopic (exact) mass is 331 g/mol. The summed E-state index contributed by atoms with van der Waals surface area (Å²) in [4.78, 5) is 23.5. The predicted octanol–water partition coefficient (Wildman–Crippen LogP) is 2.49. The molecular weight excluding hydrogens is 306 g/mol. The average molecular weight is 331 g/mol. The van der Waals surface area contributed by atoms with Crippen molar-refractivity contribution in [2.45, 2.75) is 53.1 Å². The fourth-order valence-corrected chi connectivity index (χ4v) is 2.53. The second kappa shape index (κ2) is 8.92. The molecule has 0 aliphatic heterocycles. The molecule has 24 heavy (non-hydrogen) atoms. The minimum Gasteiger partial charge on any atom is -0.469 e. The third kappa shape index (κ3) is 4.98. The first-order valence-electron chi connectivity index (χ1n) is 8.00. The minimum atomic E-state index is -0.491. The number of methoxy groups -OCH3 is 1. The van der Waals surface area contributed by atoms with Crippen molar-refractivity contribution >= 4 is 18.0 Å². The van der Waals surface area contributed by atoms with E-state index in [4.69, 9.17) is 0 Å². The molecule has 1 heterocycles. The Kier molecular flexibility index (Phi) is 7.25. The number of aromatic nitrogens is 1. The molecule has 0 fully saturated rings. The SMILES string of the molecule is CCCn1c(C)cc(/C=C(\C#N)C(=O)NC(C)CC(=O)OC)c1C. The van der Waals surface area contributed by atoms with Crippen LogP contribution in [0.3, 0.4) is 0 Å². The summed E-state index contributed by atoms with van der Waals surface area (Å²) in [5.74, 6) is -0.900. The molecule has 1 unspecified atom stereocenters. The van der Waals surface area contributed by atoms with Gasteiger partial charge in [-0.15, -0.1) is 0 Å². The summed E-state index contributed by atoms with van der Waals surface area (Å²) in [5, 5.41) is 11.9. The summed E-state index contributed by atoms with van der Waals surface area (Å²) >= 11 is 0. The van der Waals surface area contributed by atoms with Gasteiger partial charge in [0.15, 0.2) is 0 Å². The van der Waals surface area contributed by atoms with Gasteiger partial charge in [-0.2, -0.15) is 5.26 Å². The summed E-state index contributed by atoms with van der Waals surface area (Å²) < 4.78 is 6.73. The Labute approximate surface area is 143 Å². The molecule has 0 bridgehead atoms. The Morgan fingerprint density at radius 3 is 2.67 bits per heavy atom. The Hall–Kier alpha value is -2.55. The average Bonchev–Trinajstić information content (AvgIpc) is 2.79. The van der Waals surface area contributed by atoms with Crippen LogP contribution in [0.25, 0.3) is 6.08 Å². The van der Waals surface area contributed by atoms with E-state index in [1.807, 2.05) is 26.0 Å². The lowest BCUT2D eigenvalue weighted by Gasteiger charge is -2.12. The van der Waals surface area contributed by atoms with Gasteiger partial charge < -0.3 is 14.6 Å². The number of rotatable bonds is 7. The second-order valence-electron chi connectivity index (χ2n) is 5.80. The number of carbonyl (C=O) groups is 2. The molecule has 1 rings (SSSR count). The first kappa shape index (κ1) is 19.5. The number of ether oxygens (including phenoxy) is 1. The van der Waals surface area contributed by atoms with Gasteiger partial charge in [-0.25, -0.2) is 0 Å². The fraction of sp³-hybridized carbons (Fsp3) is 0.500. The van der Waals surface area contributed by atoms with Gasteiger partial charge in [0.05, 0.1) is 13.5 Å². The Bertz CT molecular complexity index is 680. The van der Waals surface area contributed by atoms with Crippen LogP contribution in [-0.4, -0.2) is 29.6 Å². The minimum absolute atomic E-state index is 0.0171. The molecule has 0 aliphatic rings. The number of hydrogen-bond acceptors (Lipinski definition) is 4. The lowest BCUT2D eigenvalue weighted by molar-refractivity contribution is -0.141. The van der Waals surface area contributed by atoms with Crippen molar-refractivity contribution in [3.63, 3.8) is 0 Å². The van der Waals surface area contributed by atoms with Crippen LogP contribution in [0.4, 0.5) is 0 Å². The highest BCUT2D eigenvalue weighted by Gasteiger charge is 2.16. The highest BCUT2D eigenvalue weighted by molar-refractivity contribution is 6.02. The predicted molar refractivity (Wildman–Crippen MR) is 92.0 cm³/mol. The van der Waals surface area contributed by atoms with Crippen molar-refractivity contribution < 1.29 is 14.3 Å². The standard InChI is InChI=1S/C18H25N3O3/c1-6-7-21-13(3)9-15(14(21)4)10-16(11-19)18(23)20-12(2)8-17(22)24-5/h9-10,12H,6-8H2,1-5H3,(H,20,23)/b16-10+. The quantitative estimate of drug-likeness (QED) is 0.472. The van der Waals surface area contributed by atoms with E-state index in [2.05, 4.69) is 21.5 Å². The molecule has 0 saturated heterocycles. The van der Waals surface area contributed by atoms with E-state index in [1.165, 1.54) is 7.11 Å². The zero-order valence-electron chi connectivity index (χ0n) is 15.0. The molecule has 1 atom stereocenters. The van der Waals surface area contributed by atoms with Crippen LogP contribution in [0.5, 0.6) is 0 Å². The van der Waals surface area contributed by atoms with E-state index in [-0.39, 0.29) is 12.0 Å². The van der Waals surface area contributed by atoms with Crippen LogP contribution in [-0.2, 0) is 20.9 Å². The second-order valence-corrected chi connectivity index (χ2v) is 5.80. The van der Waals surface area contributed by atoms with Gasteiger partial charge in [-0.05, 0) is 44.9 Å². The van der Waals surface area contributed by atoms with E-state index < -0.39 is 17.9 Å². The number of nitrogens with zero attached hydrogens (tertiary/aromatic N) is 2. The largest absolute Gasteiger partial charge is 0.469 e. The van der Waals surface area contributed by atoms with Crippen molar-refractivity contribution in [3.05, 3.63) is 28.6 Å². The van der Waals surface area contributed by atoms with Gasteiger partial charge in [0.1, 0.15) is 11.6 Å². The van der Waals surface area contributed by atoms with E-state index in [9.17, 15) is 14.9 Å². The molecule has 0 aliphatic carbocycles. The Morgan fingerprint density at radius 2 is 2.12 bits per heavy atom. The molecule has 130 valence electrons. The molecule has 0 radical (unpaired) electrons. The summed E-state index contributed by atoms with van der Waals surface area (Å²) in [5.41, 5.74) is 2.99. The molecule has 6 heteroatoms. The lowest BCUT2D eigenvalue weighted by Crippen LogP contribution is -2.35. The number of hydrogen-bond donors (Lipinski definition) is 1. The van der Waals surface area contributed by atoms with Crippen LogP contribution >= 0.6 is 0 Å². The van der Waals surface area contributed by atoms with Crippen molar-refractivity contribution in [2.75, 3.05) is 7.11 Å². The van der Waals surface area contributed by atoms with Crippen LogP contribution < -0.4 is 5.32 Å². The normalized spacial score (nSPS) is 12.4. The lowest BCUT2D eigenvalue weighted by atomic mass is 10.1. The molecule has 0 aromatic carbocycles. The topological polar surface area (TPSA) is 84.1 Å². The third-order valence-electron chi connectivity index (χ3n) is 3.80. The van der Waals surface area contributed by atoms with Gasteiger partial charge in [0.25, 0.3) is 5.91 Å².